The summed E-state index contributed by atoms with van der Waals surface area (Å²) in [5.41, 5.74) is 1.04. The first kappa shape index (κ1) is 20.8. The van der Waals surface area contributed by atoms with Crippen LogP contribution in [0.2, 0.25) is 5.02 Å². The fraction of sp³-hybridized carbons (Fsp3) is 0.400. The van der Waals surface area contributed by atoms with Gasteiger partial charge in [-0.2, -0.15) is 4.31 Å². The van der Waals surface area contributed by atoms with Crippen molar-refractivity contribution >= 4 is 27.5 Å². The van der Waals surface area contributed by atoms with Gasteiger partial charge in [0.05, 0.1) is 17.5 Å². The van der Waals surface area contributed by atoms with Gasteiger partial charge in [-0.1, -0.05) is 24.4 Å². The van der Waals surface area contributed by atoms with Crippen molar-refractivity contribution in [2.45, 2.75) is 36.6 Å². The van der Waals surface area contributed by atoms with Gasteiger partial charge < -0.3 is 4.90 Å². The Kier molecular flexibility index (Phi) is 6.69. The van der Waals surface area contributed by atoms with Gasteiger partial charge in [0.25, 0.3) is 0 Å². The fourth-order valence-electron chi connectivity index (χ4n) is 3.49. The van der Waals surface area contributed by atoms with Crippen LogP contribution in [0.15, 0.2) is 53.7 Å². The molecule has 150 valence electrons. The number of sulfonamides is 1. The quantitative estimate of drug-likeness (QED) is 0.740. The number of halogens is 1. The predicted octanol–water partition coefficient (Wildman–Crippen LogP) is 3.50. The molecule has 1 fully saturated rings. The Balaban J connectivity index is 1.78. The van der Waals surface area contributed by atoms with Crippen LogP contribution in [0.5, 0.6) is 0 Å². The van der Waals surface area contributed by atoms with Gasteiger partial charge in [-0.15, -0.1) is 0 Å². The van der Waals surface area contributed by atoms with Crippen LogP contribution in [0.3, 0.4) is 0 Å². The standard InChI is InChI=1S/C20H24ClN3O3S/c1-23(28(26,27)18-8-6-17(21)7-9-18)15-20(25)24-14-4-2-3-5-19(24)16-10-12-22-13-11-16/h6-13,19H,2-5,14-15H2,1H3. The molecule has 0 bridgehead atoms. The number of pyridine rings is 1. The number of nitrogens with zero attached hydrogens (tertiary/aromatic N) is 3. The van der Waals surface area contributed by atoms with Gasteiger partial charge in [0.1, 0.15) is 0 Å². The second-order valence-corrected chi connectivity index (χ2v) is 9.43. The van der Waals surface area contributed by atoms with E-state index in [9.17, 15) is 13.2 Å². The number of likely N-dealkylation sites (tertiary alicyclic amines) is 1. The monoisotopic (exact) mass is 421 g/mol. The molecular formula is C20H24ClN3O3S. The van der Waals surface area contributed by atoms with E-state index in [1.165, 1.54) is 31.3 Å². The third-order valence-electron chi connectivity index (χ3n) is 5.04. The summed E-state index contributed by atoms with van der Waals surface area (Å²) in [5, 5.41) is 0.461. The Morgan fingerprint density at radius 2 is 1.82 bits per heavy atom. The molecule has 2 heterocycles. The van der Waals surface area contributed by atoms with E-state index >= 15 is 0 Å². The minimum Gasteiger partial charge on any atom is -0.335 e. The minimum atomic E-state index is -3.76. The van der Waals surface area contributed by atoms with Crippen molar-refractivity contribution in [1.82, 2.24) is 14.2 Å². The smallest absolute Gasteiger partial charge is 0.243 e. The van der Waals surface area contributed by atoms with Gasteiger partial charge >= 0.3 is 0 Å². The number of carbonyl (C=O) groups is 1. The molecule has 1 saturated heterocycles. The average Bonchev–Trinajstić information content (AvgIpc) is 2.95. The Morgan fingerprint density at radius 1 is 1.14 bits per heavy atom. The van der Waals surface area contributed by atoms with E-state index in [1.807, 2.05) is 17.0 Å². The van der Waals surface area contributed by atoms with E-state index in [2.05, 4.69) is 4.98 Å². The largest absolute Gasteiger partial charge is 0.335 e. The average molecular weight is 422 g/mol. The van der Waals surface area contributed by atoms with Crippen LogP contribution in [-0.4, -0.2) is 48.7 Å². The van der Waals surface area contributed by atoms with Crippen molar-refractivity contribution in [3.8, 4) is 0 Å². The normalized spacial score (nSPS) is 18.1. The maximum Gasteiger partial charge on any atom is 0.243 e. The first-order chi connectivity index (χ1) is 13.4. The van der Waals surface area contributed by atoms with Crippen molar-refractivity contribution in [3.63, 3.8) is 0 Å². The number of likely N-dealkylation sites (N-methyl/N-ethyl adjacent to an activating group) is 1. The molecule has 28 heavy (non-hydrogen) atoms. The molecule has 0 saturated carbocycles. The number of carbonyl (C=O) groups excluding carboxylic acids is 1. The SMILES string of the molecule is CN(CC(=O)N1CCCCCC1c1ccncc1)S(=O)(=O)c1ccc(Cl)cc1. The summed E-state index contributed by atoms with van der Waals surface area (Å²) in [4.78, 5) is 19.0. The van der Waals surface area contributed by atoms with Crippen molar-refractivity contribution in [3.05, 3.63) is 59.4 Å². The summed E-state index contributed by atoms with van der Waals surface area (Å²) in [5.74, 6) is -0.191. The lowest BCUT2D eigenvalue weighted by molar-refractivity contribution is -0.133. The molecule has 1 aromatic heterocycles. The van der Waals surface area contributed by atoms with Crippen LogP contribution in [-0.2, 0) is 14.8 Å². The number of aromatic nitrogens is 1. The Morgan fingerprint density at radius 3 is 2.50 bits per heavy atom. The van der Waals surface area contributed by atoms with Crippen LogP contribution in [0.25, 0.3) is 0 Å². The van der Waals surface area contributed by atoms with E-state index in [0.29, 0.717) is 11.6 Å². The maximum atomic E-state index is 13.1. The zero-order chi connectivity index (χ0) is 20.1. The lowest BCUT2D eigenvalue weighted by atomic mass is 10.0. The van der Waals surface area contributed by atoms with E-state index in [-0.39, 0.29) is 23.4 Å². The van der Waals surface area contributed by atoms with Crippen molar-refractivity contribution in [2.75, 3.05) is 20.1 Å². The molecule has 3 rings (SSSR count). The van der Waals surface area contributed by atoms with E-state index in [0.717, 1.165) is 35.6 Å². The molecule has 1 aliphatic heterocycles. The summed E-state index contributed by atoms with van der Waals surface area (Å²) in [6, 6.07) is 9.74. The highest BCUT2D eigenvalue weighted by Crippen LogP contribution is 2.30. The number of benzene rings is 1. The molecule has 0 aliphatic carbocycles. The van der Waals surface area contributed by atoms with E-state index in [1.54, 1.807) is 12.4 Å². The van der Waals surface area contributed by atoms with Gasteiger partial charge in [0.2, 0.25) is 15.9 Å². The molecule has 1 unspecified atom stereocenters. The topological polar surface area (TPSA) is 70.6 Å². The summed E-state index contributed by atoms with van der Waals surface area (Å²) < 4.78 is 26.7. The summed E-state index contributed by atoms with van der Waals surface area (Å²) in [6.45, 7) is 0.424. The molecule has 0 N–H and O–H groups in total. The molecule has 2 aromatic rings. The lowest BCUT2D eigenvalue weighted by Gasteiger charge is -2.31. The van der Waals surface area contributed by atoms with Gasteiger partial charge in [0, 0.05) is 31.0 Å². The molecule has 1 aliphatic rings. The Labute approximate surface area is 171 Å². The van der Waals surface area contributed by atoms with Crippen LogP contribution >= 0.6 is 11.6 Å². The second kappa shape index (κ2) is 9.03. The number of rotatable bonds is 5. The highest BCUT2D eigenvalue weighted by Gasteiger charge is 2.30. The van der Waals surface area contributed by atoms with E-state index < -0.39 is 10.0 Å². The van der Waals surface area contributed by atoms with Crippen LogP contribution in [0.1, 0.15) is 37.3 Å². The summed E-state index contributed by atoms with van der Waals surface area (Å²) >= 11 is 5.84. The van der Waals surface area contributed by atoms with E-state index in [4.69, 9.17) is 11.6 Å². The highest BCUT2D eigenvalue weighted by molar-refractivity contribution is 7.89. The third-order valence-corrected chi connectivity index (χ3v) is 7.11. The van der Waals surface area contributed by atoms with Crippen molar-refractivity contribution < 1.29 is 13.2 Å². The minimum absolute atomic E-state index is 0.0513. The summed E-state index contributed by atoms with van der Waals surface area (Å²) in [6.07, 6.45) is 7.32. The number of hydrogen-bond donors (Lipinski definition) is 0. The maximum absolute atomic E-state index is 13.1. The molecule has 0 radical (unpaired) electrons. The first-order valence-corrected chi connectivity index (χ1v) is 11.1. The zero-order valence-corrected chi connectivity index (χ0v) is 17.4. The second-order valence-electron chi connectivity index (χ2n) is 6.95. The molecule has 8 heteroatoms. The molecule has 1 aromatic carbocycles. The molecule has 1 atom stereocenters. The molecule has 1 amide bonds. The van der Waals surface area contributed by atoms with Gasteiger partial charge in [0.15, 0.2) is 0 Å². The number of amides is 1. The highest BCUT2D eigenvalue weighted by atomic mass is 35.5. The van der Waals surface area contributed by atoms with Gasteiger partial charge in [-0.25, -0.2) is 8.42 Å². The Hall–Kier alpha value is -1.96. The Bertz CT molecular complexity index is 904. The lowest BCUT2D eigenvalue weighted by Crippen LogP contribution is -2.42. The summed E-state index contributed by atoms with van der Waals surface area (Å²) in [7, 11) is -2.33. The van der Waals surface area contributed by atoms with Crippen LogP contribution in [0.4, 0.5) is 0 Å². The molecular weight excluding hydrogens is 398 g/mol. The molecule has 6 nitrogen and oxygen atoms in total. The zero-order valence-electron chi connectivity index (χ0n) is 15.8. The van der Waals surface area contributed by atoms with Crippen LogP contribution < -0.4 is 0 Å². The van der Waals surface area contributed by atoms with Gasteiger partial charge in [-0.05, 0) is 54.8 Å². The van der Waals surface area contributed by atoms with Crippen molar-refractivity contribution in [1.29, 1.82) is 0 Å². The fourth-order valence-corrected chi connectivity index (χ4v) is 4.74. The van der Waals surface area contributed by atoms with Gasteiger partial charge in [-0.3, -0.25) is 9.78 Å². The number of hydrogen-bond acceptors (Lipinski definition) is 4. The molecule has 0 spiro atoms. The first-order valence-electron chi connectivity index (χ1n) is 9.31. The third kappa shape index (κ3) is 4.71. The predicted molar refractivity (Wildman–Crippen MR) is 108 cm³/mol. The van der Waals surface area contributed by atoms with Crippen LogP contribution in [0, 0.1) is 0 Å². The van der Waals surface area contributed by atoms with Crippen molar-refractivity contribution in [2.24, 2.45) is 0 Å².